The van der Waals surface area contributed by atoms with Gasteiger partial charge in [-0.15, -0.1) is 5.12 Å². The first-order valence-corrected chi connectivity index (χ1v) is 10.2. The first kappa shape index (κ1) is 21.8. The molecule has 2 aromatic carbocycles. The molecule has 7 nitrogen and oxygen atoms in total. The van der Waals surface area contributed by atoms with Gasteiger partial charge in [0.1, 0.15) is 18.8 Å². The average molecular weight is 461 g/mol. The zero-order valence-corrected chi connectivity index (χ0v) is 17.5. The van der Waals surface area contributed by atoms with Crippen molar-refractivity contribution < 1.29 is 23.3 Å². The third-order valence-corrected chi connectivity index (χ3v) is 5.68. The minimum absolute atomic E-state index is 0.111. The highest BCUT2D eigenvalue weighted by atomic mass is 35.5. The molecule has 0 unspecified atom stereocenters. The van der Waals surface area contributed by atoms with Crippen LogP contribution in [0.15, 0.2) is 54.7 Å². The van der Waals surface area contributed by atoms with Crippen LogP contribution in [0.1, 0.15) is 16.8 Å². The number of rotatable bonds is 5. The second-order valence-electron chi connectivity index (χ2n) is 7.55. The van der Waals surface area contributed by atoms with Crippen LogP contribution in [-0.2, 0) is 16.1 Å². The van der Waals surface area contributed by atoms with E-state index in [2.05, 4.69) is 0 Å². The van der Waals surface area contributed by atoms with Gasteiger partial charge < -0.3 is 15.2 Å². The Morgan fingerprint density at radius 2 is 1.91 bits per heavy atom. The summed E-state index contributed by atoms with van der Waals surface area (Å²) in [5.74, 6) is -2.30. The maximum Gasteiger partial charge on any atom is 0.277 e. The highest BCUT2D eigenvalue weighted by molar-refractivity contribution is 6.30. The largest absolute Gasteiger partial charge is 0.366 e. The van der Waals surface area contributed by atoms with E-state index in [0.29, 0.717) is 10.9 Å². The molecule has 0 saturated carbocycles. The summed E-state index contributed by atoms with van der Waals surface area (Å²) < 4.78 is 30.5. The molecule has 2 heterocycles. The molecule has 0 radical (unpaired) electrons. The number of benzene rings is 2. The quantitative estimate of drug-likeness (QED) is 0.593. The number of alkyl halides is 1. The number of nitrogens with two attached hydrogens (primary N) is 1. The highest BCUT2D eigenvalue weighted by Crippen LogP contribution is 2.28. The van der Waals surface area contributed by atoms with Crippen molar-refractivity contribution >= 4 is 45.9 Å². The van der Waals surface area contributed by atoms with Crippen molar-refractivity contribution in [3.05, 3.63) is 65.3 Å². The highest BCUT2D eigenvalue weighted by Gasteiger charge is 2.42. The van der Waals surface area contributed by atoms with Gasteiger partial charge in [-0.05, 0) is 24.3 Å². The Morgan fingerprint density at radius 1 is 1.16 bits per heavy atom. The molecule has 1 saturated heterocycles. The number of hydrogen-bond acceptors (Lipinski definition) is 3. The van der Waals surface area contributed by atoms with Gasteiger partial charge >= 0.3 is 0 Å². The van der Waals surface area contributed by atoms with Crippen molar-refractivity contribution in [2.75, 3.05) is 11.7 Å². The van der Waals surface area contributed by atoms with Crippen LogP contribution in [0.3, 0.4) is 0 Å². The van der Waals surface area contributed by atoms with Crippen molar-refractivity contribution in [1.29, 1.82) is 0 Å². The van der Waals surface area contributed by atoms with E-state index >= 15 is 0 Å². The molecule has 0 bridgehead atoms. The number of primary amides is 1. The van der Waals surface area contributed by atoms with Crippen LogP contribution < -0.4 is 10.9 Å². The third-order valence-electron chi connectivity index (χ3n) is 5.44. The lowest BCUT2D eigenvalue weighted by Gasteiger charge is -2.25. The Balaban J connectivity index is 1.58. The maximum absolute atomic E-state index is 14.8. The zero-order chi connectivity index (χ0) is 23.0. The van der Waals surface area contributed by atoms with Gasteiger partial charge in [0.2, 0.25) is 5.91 Å². The zero-order valence-electron chi connectivity index (χ0n) is 16.7. The SMILES string of the molecule is NC(=O)c1cn(CC(=O)N2C[C@H](F)C[C@H]2C(=O)N(F)c2cccc(Cl)c2)c2ccccc12. The molecule has 3 amide bonds. The summed E-state index contributed by atoms with van der Waals surface area (Å²) in [4.78, 5) is 38.6. The number of likely N-dealkylation sites (tertiary alicyclic amines) is 1. The fourth-order valence-electron chi connectivity index (χ4n) is 3.96. The number of carbonyl (C=O) groups is 3. The lowest BCUT2D eigenvalue weighted by Crippen LogP contribution is -2.46. The van der Waals surface area contributed by atoms with Gasteiger partial charge in [-0.2, -0.15) is 0 Å². The molecule has 10 heteroatoms. The third kappa shape index (κ3) is 4.03. The summed E-state index contributed by atoms with van der Waals surface area (Å²) in [6.45, 7) is -0.603. The van der Waals surface area contributed by atoms with Gasteiger partial charge in [0.15, 0.2) is 0 Å². The van der Waals surface area contributed by atoms with E-state index in [-0.39, 0.29) is 40.9 Å². The van der Waals surface area contributed by atoms with E-state index in [9.17, 15) is 23.3 Å². The summed E-state index contributed by atoms with van der Waals surface area (Å²) in [6.07, 6.45) is -0.342. The summed E-state index contributed by atoms with van der Waals surface area (Å²) in [5.41, 5.74) is 6.14. The van der Waals surface area contributed by atoms with Crippen molar-refractivity contribution in [2.45, 2.75) is 25.2 Å². The monoisotopic (exact) mass is 460 g/mol. The minimum Gasteiger partial charge on any atom is -0.366 e. The topological polar surface area (TPSA) is 88.6 Å². The molecule has 166 valence electrons. The summed E-state index contributed by atoms with van der Waals surface area (Å²) >= 11 is 5.85. The molecule has 1 aliphatic heterocycles. The standard InChI is InChI=1S/C22H19ClF2N4O3/c23-13-4-3-5-15(8-13)29(25)22(32)19-9-14(24)10-28(19)20(30)12-27-11-17(21(26)31)16-6-1-2-7-18(16)27/h1-8,11,14,19H,9-10,12H2,(H2,26,31)/t14-,19+/m1/s1. The Bertz CT molecular complexity index is 1210. The van der Waals surface area contributed by atoms with Crippen molar-refractivity contribution in [1.82, 2.24) is 9.47 Å². The van der Waals surface area contributed by atoms with Gasteiger partial charge in [0, 0.05) is 28.5 Å². The van der Waals surface area contributed by atoms with Crippen LogP contribution in [0.4, 0.5) is 14.6 Å². The van der Waals surface area contributed by atoms with E-state index in [1.54, 1.807) is 24.3 Å². The number of para-hydroxylation sites is 1. The van der Waals surface area contributed by atoms with Gasteiger partial charge in [0.05, 0.1) is 17.8 Å². The number of aromatic nitrogens is 1. The smallest absolute Gasteiger partial charge is 0.277 e. The molecular formula is C22H19ClF2N4O3. The Hall–Kier alpha value is -3.46. The summed E-state index contributed by atoms with van der Waals surface area (Å²) in [6, 6.07) is 11.2. The van der Waals surface area contributed by atoms with Crippen LogP contribution in [-0.4, -0.2) is 45.9 Å². The van der Waals surface area contributed by atoms with Crippen LogP contribution in [0.25, 0.3) is 10.9 Å². The van der Waals surface area contributed by atoms with Crippen molar-refractivity contribution in [3.63, 3.8) is 0 Å². The van der Waals surface area contributed by atoms with Gasteiger partial charge in [-0.3, -0.25) is 14.4 Å². The Morgan fingerprint density at radius 3 is 2.62 bits per heavy atom. The van der Waals surface area contributed by atoms with E-state index in [1.165, 1.54) is 35.0 Å². The predicted octanol–water partition coefficient (Wildman–Crippen LogP) is 3.25. The van der Waals surface area contributed by atoms with E-state index < -0.39 is 29.9 Å². The van der Waals surface area contributed by atoms with E-state index in [4.69, 9.17) is 17.3 Å². The lowest BCUT2D eigenvalue weighted by molar-refractivity contribution is -0.138. The van der Waals surface area contributed by atoms with Crippen LogP contribution in [0.2, 0.25) is 5.02 Å². The maximum atomic E-state index is 14.8. The molecule has 2 atom stereocenters. The first-order chi connectivity index (χ1) is 15.3. The molecule has 1 aromatic heterocycles. The van der Waals surface area contributed by atoms with Gasteiger partial charge in [-0.1, -0.05) is 40.3 Å². The number of fused-ring (bicyclic) bond motifs is 1. The molecular weight excluding hydrogens is 442 g/mol. The average Bonchev–Trinajstić information content (AvgIpc) is 3.34. The predicted molar refractivity (Wildman–Crippen MR) is 116 cm³/mol. The normalized spacial score (nSPS) is 18.2. The van der Waals surface area contributed by atoms with E-state index in [1.807, 2.05) is 0 Å². The second-order valence-corrected chi connectivity index (χ2v) is 7.98. The van der Waals surface area contributed by atoms with Crippen LogP contribution in [0.5, 0.6) is 0 Å². The number of anilines is 1. The molecule has 0 spiro atoms. The summed E-state index contributed by atoms with van der Waals surface area (Å²) in [7, 11) is 0. The van der Waals surface area contributed by atoms with Crippen molar-refractivity contribution in [3.8, 4) is 0 Å². The Labute approximate surface area is 186 Å². The number of nitrogens with zero attached hydrogens (tertiary/aromatic N) is 3. The molecule has 32 heavy (non-hydrogen) atoms. The minimum atomic E-state index is -1.47. The van der Waals surface area contributed by atoms with E-state index in [0.717, 1.165) is 4.90 Å². The molecule has 4 rings (SSSR count). The fourth-order valence-corrected chi connectivity index (χ4v) is 4.15. The molecule has 2 N–H and O–H groups in total. The molecule has 0 aliphatic carbocycles. The van der Waals surface area contributed by atoms with Crippen molar-refractivity contribution in [2.24, 2.45) is 5.73 Å². The second kappa shape index (κ2) is 8.58. The fraction of sp³-hybridized carbons (Fsp3) is 0.227. The Kier molecular flexibility index (Phi) is 5.84. The van der Waals surface area contributed by atoms with Gasteiger partial charge in [0.25, 0.3) is 11.8 Å². The number of carbonyl (C=O) groups excluding carboxylic acids is 3. The van der Waals surface area contributed by atoms with Crippen LogP contribution in [0, 0.1) is 0 Å². The molecule has 1 fully saturated rings. The molecule has 3 aromatic rings. The first-order valence-electron chi connectivity index (χ1n) is 9.82. The lowest BCUT2D eigenvalue weighted by atomic mass is 10.2. The summed E-state index contributed by atoms with van der Waals surface area (Å²) in [5, 5.41) is 0.678. The number of amides is 3. The van der Waals surface area contributed by atoms with Crippen LogP contribution >= 0.6 is 11.6 Å². The number of hydrogen-bond donors (Lipinski definition) is 1. The number of halogens is 3. The van der Waals surface area contributed by atoms with Gasteiger partial charge in [-0.25, -0.2) is 4.39 Å². The molecule has 1 aliphatic rings.